The molecule has 1 unspecified atom stereocenters. The molecule has 0 saturated heterocycles. The summed E-state index contributed by atoms with van der Waals surface area (Å²) in [5, 5.41) is 1.31. The van der Waals surface area contributed by atoms with Gasteiger partial charge in [0, 0.05) is 40.1 Å². The number of pyridine rings is 1. The molecule has 5 rings (SSSR count). The summed E-state index contributed by atoms with van der Waals surface area (Å²) >= 11 is 0. The zero-order valence-corrected chi connectivity index (χ0v) is 27.9. The van der Waals surface area contributed by atoms with Gasteiger partial charge in [-0.15, -0.1) is 0 Å². The highest BCUT2D eigenvalue weighted by Gasteiger charge is 2.27. The van der Waals surface area contributed by atoms with E-state index in [9.17, 15) is 0 Å². The number of nitrogens with zero attached hydrogens (tertiary/aromatic N) is 2. The molecule has 2 heteroatoms. The molecule has 0 bridgehead atoms. The maximum absolute atomic E-state index is 4.60. The Balaban J connectivity index is 1.40. The van der Waals surface area contributed by atoms with Gasteiger partial charge in [0.1, 0.15) is 0 Å². The van der Waals surface area contributed by atoms with Gasteiger partial charge in [-0.25, -0.2) is 0 Å². The summed E-state index contributed by atoms with van der Waals surface area (Å²) in [4.78, 5) is 4.47. The van der Waals surface area contributed by atoms with Crippen molar-refractivity contribution in [2.45, 2.75) is 78.6 Å². The van der Waals surface area contributed by atoms with Crippen LogP contribution in [0.2, 0.25) is 0 Å². The fourth-order valence-electron chi connectivity index (χ4n) is 6.88. The first kappa shape index (κ1) is 32.0. The van der Waals surface area contributed by atoms with Crippen molar-refractivity contribution in [1.82, 2.24) is 9.55 Å². The van der Waals surface area contributed by atoms with Crippen molar-refractivity contribution >= 4 is 16.6 Å². The molecule has 0 saturated carbocycles. The topological polar surface area (TPSA) is 17.8 Å². The Bertz CT molecular complexity index is 1840. The lowest BCUT2D eigenvalue weighted by Crippen LogP contribution is -2.21. The lowest BCUT2D eigenvalue weighted by molar-refractivity contribution is 0.594. The summed E-state index contributed by atoms with van der Waals surface area (Å²) in [6, 6.07) is 17.9. The summed E-state index contributed by atoms with van der Waals surface area (Å²) in [5.41, 5.74) is 14.0. The predicted molar refractivity (Wildman–Crippen MR) is 196 cm³/mol. The second kappa shape index (κ2) is 14.1. The number of hydrogen-bond acceptors (Lipinski definition) is 1. The third kappa shape index (κ3) is 6.66. The van der Waals surface area contributed by atoms with Gasteiger partial charge in [-0.3, -0.25) is 4.98 Å². The first-order valence-corrected chi connectivity index (χ1v) is 16.5. The third-order valence-electron chi connectivity index (χ3n) is 9.37. The molecule has 2 aromatic carbocycles. The summed E-state index contributed by atoms with van der Waals surface area (Å²) in [5.74, 6) is 0. The van der Waals surface area contributed by atoms with Crippen LogP contribution in [0.25, 0.3) is 27.7 Å². The van der Waals surface area contributed by atoms with E-state index in [2.05, 4.69) is 142 Å². The standard InChI is InChI=1S/C43H48N2/c1-8-15-34-23-24-36(28-39(34)40-30-44-27-25-32(40)5)43(7)26-14-19-35(29-43)31(4)18-13-22-41-33(6)38-20-11-12-21-42(38)45(41)37(16-9-2)17-10-3/h9-12,14,16-17,19-21,23-25,27-30H,2,4,8,13,15,18,22,26H2,1,3,5-7H3/b17-10-,37-16+. The molecule has 1 aliphatic rings. The van der Waals surface area contributed by atoms with Crippen LogP contribution in [0.1, 0.15) is 74.4 Å². The quantitative estimate of drug-likeness (QED) is 0.150. The molecule has 0 aliphatic heterocycles. The van der Waals surface area contributed by atoms with Gasteiger partial charge in [0.2, 0.25) is 0 Å². The fraction of sp³-hybridized carbons (Fsp3) is 0.279. The van der Waals surface area contributed by atoms with Crippen LogP contribution >= 0.6 is 0 Å². The normalized spacial score (nSPS) is 16.8. The van der Waals surface area contributed by atoms with Crippen molar-refractivity contribution in [3.05, 3.63) is 156 Å². The molecule has 0 fully saturated rings. The molecule has 1 aliphatic carbocycles. The number of hydrogen-bond donors (Lipinski definition) is 0. The second-order valence-corrected chi connectivity index (χ2v) is 12.6. The van der Waals surface area contributed by atoms with E-state index in [0.29, 0.717) is 0 Å². The molecule has 2 heterocycles. The van der Waals surface area contributed by atoms with Gasteiger partial charge >= 0.3 is 0 Å². The highest BCUT2D eigenvalue weighted by atomic mass is 15.0. The molecular weight excluding hydrogens is 544 g/mol. The van der Waals surface area contributed by atoms with Crippen molar-refractivity contribution in [3.63, 3.8) is 0 Å². The third-order valence-corrected chi connectivity index (χ3v) is 9.37. The summed E-state index contributed by atoms with van der Waals surface area (Å²) in [6.07, 6.45) is 25.4. The molecule has 0 N–H and O–H groups in total. The minimum atomic E-state index is -0.0947. The van der Waals surface area contributed by atoms with Crippen LogP contribution in [0.3, 0.4) is 0 Å². The van der Waals surface area contributed by atoms with Crippen LogP contribution in [-0.2, 0) is 18.3 Å². The number of aryl methyl sites for hydroxylation is 3. The van der Waals surface area contributed by atoms with Crippen LogP contribution in [0.4, 0.5) is 0 Å². The van der Waals surface area contributed by atoms with Gasteiger partial charge in [0.15, 0.2) is 0 Å². The van der Waals surface area contributed by atoms with E-state index in [1.165, 1.54) is 61.1 Å². The number of allylic oxidation sites excluding steroid dienone is 10. The van der Waals surface area contributed by atoms with E-state index >= 15 is 0 Å². The smallest absolute Gasteiger partial charge is 0.0534 e. The molecule has 0 amide bonds. The predicted octanol–water partition coefficient (Wildman–Crippen LogP) is 11.6. The zero-order valence-electron chi connectivity index (χ0n) is 27.9. The van der Waals surface area contributed by atoms with E-state index in [-0.39, 0.29) is 5.41 Å². The molecule has 4 aromatic rings. The average Bonchev–Trinajstić information content (AvgIpc) is 3.32. The van der Waals surface area contributed by atoms with E-state index in [1.807, 2.05) is 18.5 Å². The first-order chi connectivity index (χ1) is 21.8. The molecular formula is C43H48N2. The molecule has 2 nitrogen and oxygen atoms in total. The zero-order chi connectivity index (χ0) is 32.0. The number of para-hydroxylation sites is 1. The highest BCUT2D eigenvalue weighted by molar-refractivity contribution is 5.89. The van der Waals surface area contributed by atoms with Crippen molar-refractivity contribution in [3.8, 4) is 11.1 Å². The molecule has 1 atom stereocenters. The SMILES string of the molecule is C=C/C=C(\C=C/C)n1c(CCCC(=C)C2=CC(C)(c3ccc(CCC)c(-c4cnccc4C)c3)CC=C2)c(C)c2ccccc21. The van der Waals surface area contributed by atoms with Crippen molar-refractivity contribution in [1.29, 1.82) is 0 Å². The van der Waals surface area contributed by atoms with E-state index in [0.717, 1.165) is 44.2 Å². The molecule has 2 aromatic heterocycles. The molecule has 230 valence electrons. The van der Waals surface area contributed by atoms with Crippen molar-refractivity contribution in [2.24, 2.45) is 0 Å². The minimum Gasteiger partial charge on any atom is -0.313 e. The lowest BCUT2D eigenvalue weighted by Gasteiger charge is -2.31. The Morgan fingerprint density at radius 1 is 1.07 bits per heavy atom. The maximum Gasteiger partial charge on any atom is 0.0534 e. The minimum absolute atomic E-state index is 0.0947. The average molecular weight is 593 g/mol. The fourth-order valence-corrected chi connectivity index (χ4v) is 6.88. The Kier molecular flexibility index (Phi) is 10.0. The van der Waals surface area contributed by atoms with Crippen LogP contribution in [0.15, 0.2) is 128 Å². The number of benzene rings is 2. The molecule has 45 heavy (non-hydrogen) atoms. The Hall–Kier alpha value is -4.43. The maximum atomic E-state index is 4.60. The monoisotopic (exact) mass is 592 g/mol. The summed E-state index contributed by atoms with van der Waals surface area (Å²) < 4.78 is 2.41. The summed E-state index contributed by atoms with van der Waals surface area (Å²) in [6.45, 7) is 19.7. The number of fused-ring (bicyclic) bond motifs is 1. The van der Waals surface area contributed by atoms with E-state index in [4.69, 9.17) is 0 Å². The highest BCUT2D eigenvalue weighted by Crippen LogP contribution is 2.40. The number of aromatic nitrogens is 2. The summed E-state index contributed by atoms with van der Waals surface area (Å²) in [7, 11) is 0. The van der Waals surface area contributed by atoms with Crippen LogP contribution in [-0.4, -0.2) is 9.55 Å². The van der Waals surface area contributed by atoms with Gasteiger partial charge in [-0.2, -0.15) is 0 Å². The number of rotatable bonds is 12. The lowest BCUT2D eigenvalue weighted by atomic mass is 9.73. The van der Waals surface area contributed by atoms with Crippen molar-refractivity contribution in [2.75, 3.05) is 0 Å². The van der Waals surface area contributed by atoms with Crippen molar-refractivity contribution < 1.29 is 0 Å². The largest absolute Gasteiger partial charge is 0.313 e. The Morgan fingerprint density at radius 3 is 2.64 bits per heavy atom. The Labute approximate surface area is 270 Å². The molecule has 0 radical (unpaired) electrons. The van der Waals surface area contributed by atoms with E-state index in [1.54, 1.807) is 0 Å². The van der Waals surface area contributed by atoms with E-state index < -0.39 is 0 Å². The van der Waals surface area contributed by atoms with Gasteiger partial charge in [-0.1, -0.05) is 94.1 Å². The Morgan fingerprint density at radius 2 is 1.89 bits per heavy atom. The van der Waals surface area contributed by atoms with Crippen LogP contribution < -0.4 is 0 Å². The van der Waals surface area contributed by atoms with Gasteiger partial charge < -0.3 is 4.57 Å². The first-order valence-electron chi connectivity index (χ1n) is 16.5. The van der Waals surface area contributed by atoms with Crippen LogP contribution in [0.5, 0.6) is 0 Å². The molecule has 0 spiro atoms. The van der Waals surface area contributed by atoms with Gasteiger partial charge in [0.25, 0.3) is 0 Å². The van der Waals surface area contributed by atoms with Gasteiger partial charge in [0.05, 0.1) is 5.52 Å². The van der Waals surface area contributed by atoms with Gasteiger partial charge in [-0.05, 0) is 122 Å². The van der Waals surface area contributed by atoms with Crippen LogP contribution in [0, 0.1) is 13.8 Å². The second-order valence-electron chi connectivity index (χ2n) is 12.6.